The van der Waals surface area contributed by atoms with Gasteiger partial charge >= 0.3 is 0 Å². The van der Waals surface area contributed by atoms with Crippen LogP contribution in [0, 0.1) is 6.92 Å². The lowest BCUT2D eigenvalue weighted by Crippen LogP contribution is -2.01. The van der Waals surface area contributed by atoms with Crippen molar-refractivity contribution >= 4 is 46.3 Å². The highest BCUT2D eigenvalue weighted by molar-refractivity contribution is 7.99. The van der Waals surface area contributed by atoms with Gasteiger partial charge < -0.3 is 4.57 Å². The number of hydrogen-bond donors (Lipinski definition) is 0. The zero-order valence-corrected chi connectivity index (χ0v) is 18.7. The van der Waals surface area contributed by atoms with Gasteiger partial charge in [0.1, 0.15) is 0 Å². The standard InChI is InChI=1S/C26H22ClNO2S/c1-18-26(31-23-9-5-8-19(14-23)10-12-22(30)17-29)24-13-11-21(27)15-25(24)28(18)16-20-6-3-2-4-7-20/h2-9,11,13-15,17H,10,12,16H2,1H3. The second-order valence-corrected chi connectivity index (χ2v) is 9.00. The third-order valence-corrected chi connectivity index (χ3v) is 6.77. The molecule has 0 spiro atoms. The lowest BCUT2D eigenvalue weighted by Gasteiger charge is -2.09. The Morgan fingerprint density at radius 2 is 1.77 bits per heavy atom. The maximum atomic E-state index is 11.3. The van der Waals surface area contributed by atoms with Gasteiger partial charge in [0.25, 0.3) is 0 Å². The molecule has 5 heteroatoms. The van der Waals surface area contributed by atoms with Gasteiger partial charge in [-0.2, -0.15) is 0 Å². The summed E-state index contributed by atoms with van der Waals surface area (Å²) in [5, 5.41) is 1.89. The molecule has 0 atom stereocenters. The first kappa shape index (κ1) is 21.4. The summed E-state index contributed by atoms with van der Waals surface area (Å²) < 4.78 is 2.31. The fourth-order valence-corrected chi connectivity index (χ4v) is 5.03. The second kappa shape index (κ2) is 9.54. The molecule has 0 radical (unpaired) electrons. The van der Waals surface area contributed by atoms with Gasteiger partial charge in [0, 0.05) is 38.9 Å². The molecule has 0 unspecified atom stereocenters. The third-order valence-electron chi connectivity index (χ3n) is 5.32. The molecule has 1 heterocycles. The molecular formula is C26H22ClNO2S. The van der Waals surface area contributed by atoms with Gasteiger partial charge in [0.15, 0.2) is 12.1 Å². The van der Waals surface area contributed by atoms with E-state index in [0.717, 1.165) is 27.5 Å². The van der Waals surface area contributed by atoms with E-state index in [1.54, 1.807) is 11.8 Å². The first-order valence-electron chi connectivity index (χ1n) is 10.1. The average Bonchev–Trinajstić information content (AvgIpc) is 3.03. The summed E-state index contributed by atoms with van der Waals surface area (Å²) in [5.74, 6) is -0.366. The molecule has 0 aliphatic heterocycles. The Labute approximate surface area is 191 Å². The number of carbonyl (C=O) groups excluding carboxylic acids is 2. The number of benzene rings is 3. The smallest absolute Gasteiger partial charge is 0.195 e. The number of halogens is 1. The summed E-state index contributed by atoms with van der Waals surface area (Å²) in [4.78, 5) is 24.2. The van der Waals surface area contributed by atoms with Gasteiger partial charge in [0.2, 0.25) is 0 Å². The number of fused-ring (bicyclic) bond motifs is 1. The van der Waals surface area contributed by atoms with E-state index in [0.29, 0.717) is 12.7 Å². The second-order valence-electron chi connectivity index (χ2n) is 7.48. The molecule has 31 heavy (non-hydrogen) atoms. The van der Waals surface area contributed by atoms with Crippen molar-refractivity contribution in [3.05, 3.63) is 94.6 Å². The molecule has 3 aromatic carbocycles. The van der Waals surface area contributed by atoms with Gasteiger partial charge in [-0.25, -0.2) is 0 Å². The van der Waals surface area contributed by atoms with Crippen molar-refractivity contribution in [2.75, 3.05) is 0 Å². The first-order valence-corrected chi connectivity index (χ1v) is 11.3. The quantitative estimate of drug-likeness (QED) is 0.228. The van der Waals surface area contributed by atoms with E-state index >= 15 is 0 Å². The zero-order valence-electron chi connectivity index (χ0n) is 17.2. The minimum Gasteiger partial charge on any atom is -0.339 e. The van der Waals surface area contributed by atoms with E-state index in [1.165, 1.54) is 21.5 Å². The summed E-state index contributed by atoms with van der Waals surface area (Å²) in [6.45, 7) is 2.92. The molecule has 0 aliphatic carbocycles. The molecule has 0 amide bonds. The highest BCUT2D eigenvalue weighted by Crippen LogP contribution is 2.39. The predicted octanol–water partition coefficient (Wildman–Crippen LogP) is 6.50. The molecule has 4 aromatic rings. The van der Waals surface area contributed by atoms with E-state index in [4.69, 9.17) is 11.6 Å². The molecule has 0 bridgehead atoms. The van der Waals surface area contributed by atoms with E-state index in [2.05, 4.69) is 54.0 Å². The number of nitrogens with zero attached hydrogens (tertiary/aromatic N) is 1. The van der Waals surface area contributed by atoms with E-state index in [1.807, 2.05) is 30.3 Å². The van der Waals surface area contributed by atoms with Gasteiger partial charge in [0.05, 0.1) is 5.52 Å². The number of aryl methyl sites for hydroxylation is 1. The Morgan fingerprint density at radius 1 is 1.00 bits per heavy atom. The number of carbonyl (C=O) groups is 2. The number of Topliss-reactive ketones (excluding diaryl/α,β-unsaturated/α-hetero) is 1. The summed E-state index contributed by atoms with van der Waals surface area (Å²) >= 11 is 8.05. The Hall–Kier alpha value is -2.82. The lowest BCUT2D eigenvalue weighted by molar-refractivity contribution is -0.129. The van der Waals surface area contributed by atoms with Gasteiger partial charge in [-0.05, 0) is 48.7 Å². The van der Waals surface area contributed by atoms with E-state index < -0.39 is 0 Å². The van der Waals surface area contributed by atoms with Gasteiger partial charge in [-0.1, -0.05) is 71.9 Å². The molecular weight excluding hydrogens is 426 g/mol. The summed E-state index contributed by atoms with van der Waals surface area (Å²) in [6.07, 6.45) is 1.20. The van der Waals surface area contributed by atoms with Crippen LogP contribution in [0.4, 0.5) is 0 Å². The summed E-state index contributed by atoms with van der Waals surface area (Å²) in [5.41, 5.74) is 4.59. The molecule has 156 valence electrons. The van der Waals surface area contributed by atoms with Crippen LogP contribution in [0.15, 0.2) is 82.6 Å². The molecule has 0 N–H and O–H groups in total. The Morgan fingerprint density at radius 3 is 2.55 bits per heavy atom. The Kier molecular flexibility index (Phi) is 6.59. The van der Waals surface area contributed by atoms with Crippen LogP contribution in [-0.4, -0.2) is 16.6 Å². The molecule has 1 aromatic heterocycles. The Balaban J connectivity index is 1.69. The number of ketones is 1. The molecule has 0 aliphatic rings. The van der Waals surface area contributed by atoms with E-state index in [9.17, 15) is 9.59 Å². The van der Waals surface area contributed by atoms with Crippen molar-refractivity contribution in [3.63, 3.8) is 0 Å². The molecule has 4 rings (SSSR count). The fourth-order valence-electron chi connectivity index (χ4n) is 3.73. The Bertz CT molecular complexity index is 1250. The molecule has 3 nitrogen and oxygen atoms in total. The number of aromatic nitrogens is 1. The van der Waals surface area contributed by atoms with Crippen LogP contribution in [0.25, 0.3) is 10.9 Å². The predicted molar refractivity (Wildman–Crippen MR) is 127 cm³/mol. The minimum absolute atomic E-state index is 0.242. The number of hydrogen-bond acceptors (Lipinski definition) is 3. The normalized spacial score (nSPS) is 11.0. The van der Waals surface area contributed by atoms with Crippen molar-refractivity contribution in [1.29, 1.82) is 0 Å². The van der Waals surface area contributed by atoms with Crippen molar-refractivity contribution in [2.45, 2.75) is 36.1 Å². The molecule has 0 saturated heterocycles. The topological polar surface area (TPSA) is 39.1 Å². The highest BCUT2D eigenvalue weighted by atomic mass is 35.5. The van der Waals surface area contributed by atoms with Gasteiger partial charge in [-0.15, -0.1) is 0 Å². The third kappa shape index (κ3) is 4.92. The van der Waals surface area contributed by atoms with Gasteiger partial charge in [-0.3, -0.25) is 9.59 Å². The van der Waals surface area contributed by atoms with Crippen LogP contribution in [0.1, 0.15) is 23.2 Å². The van der Waals surface area contributed by atoms with Crippen LogP contribution in [-0.2, 0) is 22.6 Å². The van der Waals surface area contributed by atoms with Crippen LogP contribution in [0.5, 0.6) is 0 Å². The average molecular weight is 448 g/mol. The monoisotopic (exact) mass is 447 g/mol. The molecule has 0 saturated carbocycles. The van der Waals surface area contributed by atoms with Crippen LogP contribution in [0.3, 0.4) is 0 Å². The zero-order chi connectivity index (χ0) is 21.8. The highest BCUT2D eigenvalue weighted by Gasteiger charge is 2.16. The lowest BCUT2D eigenvalue weighted by atomic mass is 10.1. The number of aldehydes is 1. The van der Waals surface area contributed by atoms with Crippen LogP contribution < -0.4 is 0 Å². The minimum atomic E-state index is -0.366. The summed E-state index contributed by atoms with van der Waals surface area (Å²) in [6, 6.07) is 24.6. The van der Waals surface area contributed by atoms with Crippen molar-refractivity contribution < 1.29 is 9.59 Å². The van der Waals surface area contributed by atoms with Crippen molar-refractivity contribution in [1.82, 2.24) is 4.57 Å². The summed E-state index contributed by atoms with van der Waals surface area (Å²) in [7, 11) is 0. The maximum Gasteiger partial charge on any atom is 0.195 e. The van der Waals surface area contributed by atoms with Crippen molar-refractivity contribution in [3.8, 4) is 0 Å². The maximum absolute atomic E-state index is 11.3. The first-order chi connectivity index (χ1) is 15.0. The largest absolute Gasteiger partial charge is 0.339 e. The van der Waals surface area contributed by atoms with Crippen molar-refractivity contribution in [2.24, 2.45) is 0 Å². The SMILES string of the molecule is Cc1c(Sc2cccc(CCC(=O)C=O)c2)c2ccc(Cl)cc2n1Cc1ccccc1. The van der Waals surface area contributed by atoms with Crippen LogP contribution in [0.2, 0.25) is 5.02 Å². The number of rotatable bonds is 8. The van der Waals surface area contributed by atoms with E-state index in [-0.39, 0.29) is 12.2 Å². The fraction of sp³-hybridized carbons (Fsp3) is 0.154. The van der Waals surface area contributed by atoms with Crippen LogP contribution >= 0.6 is 23.4 Å². The molecule has 0 fully saturated rings.